The van der Waals surface area contributed by atoms with Crippen LogP contribution in [-0.4, -0.2) is 36.4 Å². The molecule has 0 atom stereocenters. The Hall–Kier alpha value is -3.47. The second-order valence-corrected chi connectivity index (χ2v) is 7.54. The van der Waals surface area contributed by atoms with Gasteiger partial charge < -0.3 is 14.4 Å². The number of hydrogen-bond donors (Lipinski definition) is 2. The van der Waals surface area contributed by atoms with E-state index >= 15 is 0 Å². The van der Waals surface area contributed by atoms with E-state index in [2.05, 4.69) is 35.8 Å². The van der Waals surface area contributed by atoms with E-state index in [0.29, 0.717) is 46.4 Å². The fourth-order valence-corrected chi connectivity index (χ4v) is 3.30. The van der Waals surface area contributed by atoms with Gasteiger partial charge in [0.25, 0.3) is 0 Å². The molecule has 1 amide bonds. The SMILES string of the molecule is Cc1cccc(-c2nc(SCc3noc(CCC(=O)Nc4cc(C)on4)n3)n[nH]2)c1. The lowest BCUT2D eigenvalue weighted by atomic mass is 10.1. The molecule has 0 aliphatic carbocycles. The first kappa shape index (κ1) is 19.8. The number of benzene rings is 1. The smallest absolute Gasteiger partial charge is 0.227 e. The predicted octanol–water partition coefficient (Wildman–Crippen LogP) is 3.32. The van der Waals surface area contributed by atoms with Crippen LogP contribution in [0.3, 0.4) is 0 Å². The molecule has 1 aromatic carbocycles. The molecular weight excluding hydrogens is 406 g/mol. The van der Waals surface area contributed by atoms with Crippen LogP contribution in [0.25, 0.3) is 11.4 Å². The minimum Gasteiger partial charge on any atom is -0.360 e. The lowest BCUT2D eigenvalue weighted by Crippen LogP contribution is -2.12. The third-order valence-electron chi connectivity index (χ3n) is 4.06. The van der Waals surface area contributed by atoms with Crippen molar-refractivity contribution in [2.75, 3.05) is 5.32 Å². The van der Waals surface area contributed by atoms with Crippen LogP contribution in [0.5, 0.6) is 0 Å². The van der Waals surface area contributed by atoms with Crippen LogP contribution in [0.15, 0.2) is 44.5 Å². The van der Waals surface area contributed by atoms with E-state index in [0.717, 1.165) is 11.1 Å². The molecule has 0 aliphatic heterocycles. The number of carbonyl (C=O) groups excluding carboxylic acids is 1. The van der Waals surface area contributed by atoms with Crippen LogP contribution in [0, 0.1) is 13.8 Å². The first-order valence-corrected chi connectivity index (χ1v) is 10.2. The number of nitrogens with zero attached hydrogens (tertiary/aromatic N) is 5. The van der Waals surface area contributed by atoms with E-state index in [1.165, 1.54) is 11.8 Å². The van der Waals surface area contributed by atoms with Crippen molar-refractivity contribution in [3.63, 3.8) is 0 Å². The van der Waals surface area contributed by atoms with Crippen molar-refractivity contribution in [3.05, 3.63) is 53.4 Å². The van der Waals surface area contributed by atoms with Crippen LogP contribution in [-0.2, 0) is 17.0 Å². The van der Waals surface area contributed by atoms with Crippen LogP contribution < -0.4 is 5.32 Å². The third kappa shape index (κ3) is 5.11. The fraction of sp³-hybridized carbons (Fsp3) is 0.263. The number of aromatic nitrogens is 6. The van der Waals surface area contributed by atoms with Crippen LogP contribution in [0.4, 0.5) is 5.82 Å². The van der Waals surface area contributed by atoms with Crippen molar-refractivity contribution < 1.29 is 13.8 Å². The molecule has 30 heavy (non-hydrogen) atoms. The zero-order valence-corrected chi connectivity index (χ0v) is 17.2. The topological polar surface area (TPSA) is 136 Å². The van der Waals surface area contributed by atoms with Crippen molar-refractivity contribution in [2.45, 2.75) is 37.6 Å². The Bertz CT molecular complexity index is 1150. The van der Waals surface area contributed by atoms with Crippen LogP contribution in [0.2, 0.25) is 0 Å². The number of amides is 1. The lowest BCUT2D eigenvalue weighted by Gasteiger charge is -1.98. The van der Waals surface area contributed by atoms with Crippen molar-refractivity contribution in [3.8, 4) is 11.4 Å². The molecule has 0 saturated carbocycles. The largest absolute Gasteiger partial charge is 0.360 e. The van der Waals surface area contributed by atoms with Gasteiger partial charge in [-0.15, -0.1) is 5.10 Å². The Labute approximate surface area is 175 Å². The van der Waals surface area contributed by atoms with Gasteiger partial charge in [-0.3, -0.25) is 9.89 Å². The monoisotopic (exact) mass is 425 g/mol. The van der Waals surface area contributed by atoms with Crippen LogP contribution >= 0.6 is 11.8 Å². The van der Waals surface area contributed by atoms with Gasteiger partial charge in [0.1, 0.15) is 5.76 Å². The van der Waals surface area contributed by atoms with Gasteiger partial charge in [-0.25, -0.2) is 4.98 Å². The van der Waals surface area contributed by atoms with Gasteiger partial charge in [0.15, 0.2) is 17.5 Å². The van der Waals surface area contributed by atoms with E-state index < -0.39 is 0 Å². The van der Waals surface area contributed by atoms with Gasteiger partial charge in [0.05, 0.1) is 5.75 Å². The summed E-state index contributed by atoms with van der Waals surface area (Å²) in [6.07, 6.45) is 0.528. The minimum absolute atomic E-state index is 0.196. The highest BCUT2D eigenvalue weighted by atomic mass is 32.2. The number of nitrogens with one attached hydrogen (secondary N) is 2. The number of hydrogen-bond acceptors (Lipinski definition) is 9. The van der Waals surface area contributed by atoms with Crippen LogP contribution in [0.1, 0.15) is 29.5 Å². The summed E-state index contributed by atoms with van der Waals surface area (Å²) in [5, 5.41) is 18.1. The second kappa shape index (κ2) is 8.91. The van der Waals surface area contributed by atoms with Gasteiger partial charge in [-0.2, -0.15) is 4.98 Å². The zero-order chi connectivity index (χ0) is 20.9. The minimum atomic E-state index is -0.207. The van der Waals surface area contributed by atoms with E-state index in [-0.39, 0.29) is 12.3 Å². The Morgan fingerprint density at radius 2 is 2.07 bits per heavy atom. The molecule has 0 radical (unpaired) electrons. The van der Waals surface area contributed by atoms with E-state index in [1.807, 2.05) is 31.2 Å². The summed E-state index contributed by atoms with van der Waals surface area (Å²) in [5.41, 5.74) is 2.14. The lowest BCUT2D eigenvalue weighted by molar-refractivity contribution is -0.116. The Kier molecular flexibility index (Phi) is 5.89. The molecule has 0 fully saturated rings. The maximum Gasteiger partial charge on any atom is 0.227 e. The highest BCUT2D eigenvalue weighted by Gasteiger charge is 2.13. The first-order valence-electron chi connectivity index (χ1n) is 9.22. The molecule has 0 aliphatic rings. The average molecular weight is 425 g/mol. The van der Waals surface area contributed by atoms with E-state index in [9.17, 15) is 4.79 Å². The Balaban J connectivity index is 1.26. The standard InChI is InChI=1S/C19H19N7O3S/c1-11-4-3-5-13(8-11)18-22-19(24-23-18)30-10-15-21-17(29-26-15)7-6-16(27)20-14-9-12(2)28-25-14/h3-5,8-9H,6-7,10H2,1-2H3,(H,20,25,27)(H,22,23,24). The van der Waals surface area contributed by atoms with E-state index in [4.69, 9.17) is 9.05 Å². The molecule has 154 valence electrons. The highest BCUT2D eigenvalue weighted by molar-refractivity contribution is 7.98. The molecular formula is C19H19N7O3S. The number of aromatic amines is 1. The molecule has 0 bridgehead atoms. The summed E-state index contributed by atoms with van der Waals surface area (Å²) in [5.74, 6) is 2.89. The molecule has 4 aromatic rings. The van der Waals surface area contributed by atoms with Gasteiger partial charge in [0.2, 0.25) is 17.0 Å². The summed E-state index contributed by atoms with van der Waals surface area (Å²) < 4.78 is 10.1. The summed E-state index contributed by atoms with van der Waals surface area (Å²) in [7, 11) is 0. The maximum atomic E-state index is 11.9. The third-order valence-corrected chi connectivity index (χ3v) is 4.90. The number of rotatable bonds is 8. The maximum absolute atomic E-state index is 11.9. The van der Waals surface area contributed by atoms with Gasteiger partial charge in [-0.05, 0) is 19.9 Å². The van der Waals surface area contributed by atoms with Gasteiger partial charge in [0, 0.05) is 24.5 Å². The molecule has 4 rings (SSSR count). The Morgan fingerprint density at radius 1 is 1.17 bits per heavy atom. The molecule has 10 nitrogen and oxygen atoms in total. The average Bonchev–Trinajstić information content (AvgIpc) is 3.46. The molecule has 3 heterocycles. The number of thioether (sulfide) groups is 1. The van der Waals surface area contributed by atoms with Crippen molar-refractivity contribution in [1.82, 2.24) is 30.5 Å². The predicted molar refractivity (Wildman–Crippen MR) is 109 cm³/mol. The second-order valence-electron chi connectivity index (χ2n) is 6.60. The normalized spacial score (nSPS) is 11.0. The Morgan fingerprint density at radius 3 is 2.87 bits per heavy atom. The van der Waals surface area contributed by atoms with Crippen molar-refractivity contribution in [1.29, 1.82) is 0 Å². The molecule has 0 spiro atoms. The summed E-state index contributed by atoms with van der Waals surface area (Å²) in [4.78, 5) is 20.7. The number of H-pyrrole nitrogens is 1. The van der Waals surface area contributed by atoms with Crippen molar-refractivity contribution in [2.24, 2.45) is 0 Å². The quantitative estimate of drug-likeness (QED) is 0.407. The summed E-state index contributed by atoms with van der Waals surface area (Å²) in [6, 6.07) is 9.68. The molecule has 0 unspecified atom stereocenters. The number of aryl methyl sites for hydroxylation is 3. The molecule has 0 saturated heterocycles. The highest BCUT2D eigenvalue weighted by Crippen LogP contribution is 2.22. The van der Waals surface area contributed by atoms with E-state index in [1.54, 1.807) is 13.0 Å². The van der Waals surface area contributed by atoms with Crippen molar-refractivity contribution >= 4 is 23.5 Å². The summed E-state index contributed by atoms with van der Waals surface area (Å²) in [6.45, 7) is 3.78. The molecule has 11 heteroatoms. The van der Waals surface area contributed by atoms with Gasteiger partial charge in [-0.1, -0.05) is 45.8 Å². The fourth-order valence-electron chi connectivity index (χ4n) is 2.66. The first-order chi connectivity index (χ1) is 14.5. The number of carbonyl (C=O) groups is 1. The van der Waals surface area contributed by atoms with Gasteiger partial charge >= 0.3 is 0 Å². The number of anilines is 1. The summed E-state index contributed by atoms with van der Waals surface area (Å²) >= 11 is 1.40. The molecule has 2 N–H and O–H groups in total. The zero-order valence-electron chi connectivity index (χ0n) is 16.4. The molecule has 3 aromatic heterocycles.